The minimum Gasteiger partial charge on any atom is -0.273 e. The number of hydrazone groups is 1. The molecule has 0 saturated heterocycles. The average Bonchev–Trinajstić information content (AvgIpc) is 3.29. The Kier molecular flexibility index (Phi) is 6.62. The lowest BCUT2D eigenvalue weighted by Crippen LogP contribution is -2.21. The molecule has 4 heteroatoms. The number of allylic oxidation sites excluding steroid dienone is 4. The Morgan fingerprint density at radius 1 is 1.00 bits per heavy atom. The second kappa shape index (κ2) is 9.14. The lowest BCUT2D eigenvalue weighted by atomic mass is 10.1. The van der Waals surface area contributed by atoms with Crippen molar-refractivity contribution in [1.82, 2.24) is 5.43 Å². The molecule has 0 radical (unpaired) electrons. The quantitative estimate of drug-likeness (QED) is 0.421. The first-order valence-electron chi connectivity index (χ1n) is 9.15. The van der Waals surface area contributed by atoms with Gasteiger partial charge in [0.25, 0.3) is 0 Å². The van der Waals surface area contributed by atoms with E-state index in [1.54, 1.807) is 6.21 Å². The molecule has 0 aromatic heterocycles. The third kappa shape index (κ3) is 5.15. The summed E-state index contributed by atoms with van der Waals surface area (Å²) in [7, 11) is 0. The highest BCUT2D eigenvalue weighted by Crippen LogP contribution is 2.52. The van der Waals surface area contributed by atoms with Gasteiger partial charge < -0.3 is 0 Å². The number of carbonyl (C=O) groups excluding carboxylic acids is 1. The molecule has 3 rings (SSSR count). The maximum absolute atomic E-state index is 12.5. The van der Waals surface area contributed by atoms with Crippen LogP contribution in [0.3, 0.4) is 0 Å². The SMILES string of the molecule is O=C(N/N=C\c1ccccc1Br)C1[C@H]2CC/C=C\CC/C=C/CC[C@H]12. The van der Waals surface area contributed by atoms with Crippen LogP contribution in [0.4, 0.5) is 0 Å². The van der Waals surface area contributed by atoms with Gasteiger partial charge >= 0.3 is 0 Å². The van der Waals surface area contributed by atoms with Gasteiger partial charge in [-0.3, -0.25) is 4.79 Å². The predicted octanol–water partition coefficient (Wildman–Crippen LogP) is 5.23. The van der Waals surface area contributed by atoms with Gasteiger partial charge in [-0.15, -0.1) is 0 Å². The number of carbonyl (C=O) groups is 1. The van der Waals surface area contributed by atoms with Gasteiger partial charge in [0.15, 0.2) is 0 Å². The van der Waals surface area contributed by atoms with Crippen molar-refractivity contribution in [1.29, 1.82) is 0 Å². The van der Waals surface area contributed by atoms with Crippen LogP contribution < -0.4 is 5.43 Å². The summed E-state index contributed by atoms with van der Waals surface area (Å²) in [5.41, 5.74) is 3.71. The minimum absolute atomic E-state index is 0.0705. The summed E-state index contributed by atoms with van der Waals surface area (Å²) in [4.78, 5) is 12.5. The molecule has 1 amide bonds. The normalized spacial score (nSPS) is 29.1. The number of halogens is 1. The zero-order valence-electron chi connectivity index (χ0n) is 14.4. The number of hydrogen-bond donors (Lipinski definition) is 1. The average molecular weight is 401 g/mol. The molecule has 3 atom stereocenters. The first kappa shape index (κ1) is 18.1. The van der Waals surface area contributed by atoms with Crippen molar-refractivity contribution in [3.05, 3.63) is 58.6 Å². The van der Waals surface area contributed by atoms with Gasteiger partial charge in [-0.05, 0) is 56.4 Å². The van der Waals surface area contributed by atoms with E-state index >= 15 is 0 Å². The van der Waals surface area contributed by atoms with Crippen molar-refractivity contribution in [2.75, 3.05) is 0 Å². The van der Waals surface area contributed by atoms with Crippen LogP contribution in [0.1, 0.15) is 44.1 Å². The van der Waals surface area contributed by atoms with E-state index in [4.69, 9.17) is 0 Å². The van der Waals surface area contributed by atoms with Crippen molar-refractivity contribution < 1.29 is 4.79 Å². The molecule has 3 nitrogen and oxygen atoms in total. The number of nitrogens with one attached hydrogen (secondary N) is 1. The van der Waals surface area contributed by atoms with Crippen molar-refractivity contribution in [3.63, 3.8) is 0 Å². The minimum atomic E-state index is 0.0705. The standard InChI is InChI=1S/C21H25BrN2O/c22-19-14-10-9-11-16(19)15-23-24-21(25)20-17-12-7-5-3-1-2-4-6-8-13-18(17)20/h3-6,9-11,14-15,17-18,20H,1-2,7-8,12-13H2,(H,24,25)/b5-3-,6-4+,23-15-/t17-,18-,20?/m0/s1. The van der Waals surface area contributed by atoms with E-state index in [0.29, 0.717) is 11.8 Å². The van der Waals surface area contributed by atoms with Gasteiger partial charge in [0.1, 0.15) is 0 Å². The van der Waals surface area contributed by atoms with Crippen LogP contribution >= 0.6 is 15.9 Å². The van der Waals surface area contributed by atoms with Crippen LogP contribution in [0.5, 0.6) is 0 Å². The zero-order chi connectivity index (χ0) is 17.5. The number of benzene rings is 1. The molecule has 1 aromatic rings. The maximum atomic E-state index is 12.5. The highest BCUT2D eigenvalue weighted by Gasteiger charge is 2.52. The summed E-state index contributed by atoms with van der Waals surface area (Å²) in [5, 5.41) is 4.15. The Balaban J connectivity index is 1.55. The molecule has 1 aromatic carbocycles. The molecule has 1 unspecified atom stereocenters. The molecule has 2 aliphatic rings. The molecule has 0 aliphatic heterocycles. The van der Waals surface area contributed by atoms with E-state index in [9.17, 15) is 4.79 Å². The Hall–Kier alpha value is -1.68. The second-order valence-electron chi connectivity index (χ2n) is 6.78. The van der Waals surface area contributed by atoms with Crippen molar-refractivity contribution in [2.24, 2.45) is 22.9 Å². The third-order valence-electron chi connectivity index (χ3n) is 5.08. The zero-order valence-corrected chi connectivity index (χ0v) is 16.0. The first-order chi connectivity index (χ1) is 12.3. The monoisotopic (exact) mass is 400 g/mol. The summed E-state index contributed by atoms with van der Waals surface area (Å²) in [5.74, 6) is 1.22. The topological polar surface area (TPSA) is 41.5 Å². The number of nitrogens with zero attached hydrogens (tertiary/aromatic N) is 1. The second-order valence-corrected chi connectivity index (χ2v) is 7.64. The van der Waals surface area contributed by atoms with E-state index in [2.05, 4.69) is 50.8 Å². The number of rotatable bonds is 3. The summed E-state index contributed by atoms with van der Waals surface area (Å²) in [6, 6.07) is 7.83. The molecule has 0 heterocycles. The molecular weight excluding hydrogens is 376 g/mol. The summed E-state index contributed by atoms with van der Waals surface area (Å²) in [6.45, 7) is 0. The molecule has 1 fully saturated rings. The van der Waals surface area contributed by atoms with Gasteiger partial charge in [-0.2, -0.15) is 5.10 Å². The fraction of sp³-hybridized carbons (Fsp3) is 0.429. The van der Waals surface area contributed by atoms with Gasteiger partial charge in [-0.1, -0.05) is 58.4 Å². The van der Waals surface area contributed by atoms with Crippen LogP contribution in [-0.4, -0.2) is 12.1 Å². The molecular formula is C21H25BrN2O. The molecule has 132 valence electrons. The van der Waals surface area contributed by atoms with Crippen LogP contribution in [0.2, 0.25) is 0 Å². The van der Waals surface area contributed by atoms with Gasteiger partial charge in [0.2, 0.25) is 5.91 Å². The molecule has 1 N–H and O–H groups in total. The number of amides is 1. The number of hydrogen-bond acceptors (Lipinski definition) is 2. The molecule has 0 bridgehead atoms. The van der Waals surface area contributed by atoms with Crippen LogP contribution in [0.25, 0.3) is 0 Å². The van der Waals surface area contributed by atoms with Gasteiger partial charge in [0, 0.05) is 16.0 Å². The lowest BCUT2D eigenvalue weighted by Gasteiger charge is -2.00. The Labute approximate surface area is 158 Å². The fourth-order valence-corrected chi connectivity index (χ4v) is 4.07. The molecule has 2 aliphatic carbocycles. The van der Waals surface area contributed by atoms with E-state index in [0.717, 1.165) is 48.6 Å². The molecule has 0 spiro atoms. The highest BCUT2D eigenvalue weighted by atomic mass is 79.9. The first-order valence-corrected chi connectivity index (χ1v) is 9.94. The van der Waals surface area contributed by atoms with E-state index < -0.39 is 0 Å². The Bertz CT molecular complexity index is 656. The highest BCUT2D eigenvalue weighted by molar-refractivity contribution is 9.10. The summed E-state index contributed by atoms with van der Waals surface area (Å²) < 4.78 is 0.972. The smallest absolute Gasteiger partial charge is 0.243 e. The Morgan fingerprint density at radius 3 is 2.24 bits per heavy atom. The van der Waals surface area contributed by atoms with Crippen LogP contribution in [0.15, 0.2) is 58.1 Å². The third-order valence-corrected chi connectivity index (χ3v) is 5.81. The van der Waals surface area contributed by atoms with Gasteiger partial charge in [-0.25, -0.2) is 5.43 Å². The summed E-state index contributed by atoms with van der Waals surface area (Å²) >= 11 is 3.48. The van der Waals surface area contributed by atoms with Crippen molar-refractivity contribution >= 4 is 28.1 Å². The summed E-state index contributed by atoms with van der Waals surface area (Å²) in [6.07, 6.45) is 17.4. The largest absolute Gasteiger partial charge is 0.273 e. The van der Waals surface area contributed by atoms with E-state index in [-0.39, 0.29) is 11.8 Å². The fourth-order valence-electron chi connectivity index (χ4n) is 3.68. The van der Waals surface area contributed by atoms with Gasteiger partial charge in [0.05, 0.1) is 6.21 Å². The molecule has 25 heavy (non-hydrogen) atoms. The van der Waals surface area contributed by atoms with E-state index in [1.165, 1.54) is 0 Å². The van der Waals surface area contributed by atoms with Crippen LogP contribution in [0, 0.1) is 17.8 Å². The van der Waals surface area contributed by atoms with E-state index in [1.807, 2.05) is 24.3 Å². The van der Waals surface area contributed by atoms with Crippen molar-refractivity contribution in [2.45, 2.75) is 38.5 Å². The van der Waals surface area contributed by atoms with Crippen molar-refractivity contribution in [3.8, 4) is 0 Å². The molecule has 1 saturated carbocycles. The lowest BCUT2D eigenvalue weighted by molar-refractivity contribution is -0.122. The number of fused-ring (bicyclic) bond motifs is 1. The predicted molar refractivity (Wildman–Crippen MR) is 106 cm³/mol. The van der Waals surface area contributed by atoms with Crippen LogP contribution in [-0.2, 0) is 4.79 Å². The maximum Gasteiger partial charge on any atom is 0.243 e. The Morgan fingerprint density at radius 2 is 1.60 bits per heavy atom.